The summed E-state index contributed by atoms with van der Waals surface area (Å²) in [7, 11) is 0. The quantitative estimate of drug-likeness (QED) is 0.378. The first-order chi connectivity index (χ1) is 16.1. The van der Waals surface area contributed by atoms with Crippen molar-refractivity contribution in [2.45, 2.75) is 90.6 Å². The molecule has 0 spiro atoms. The van der Waals surface area contributed by atoms with Gasteiger partial charge in [-0.05, 0) is 47.8 Å². The standard InChI is InChI=1S/C27H41N3O4/c1-5-13-28-25(34)23(32)19(14-17-9-10-17)29-24(33)22-21-18(26(21,2)3)16-30(22)20(31)15-27(4)11-7-6-8-12-27/h5,17-19,21-22H,1,6-16H2,2-4H3,(H,28,34)(H,29,33). The molecule has 3 aliphatic carbocycles. The number of carbonyl (C=O) groups is 4. The molecule has 4 rings (SSSR count). The Hall–Kier alpha value is -2.18. The van der Waals surface area contributed by atoms with Crippen LogP contribution in [0.2, 0.25) is 0 Å². The number of hydrogen-bond acceptors (Lipinski definition) is 4. The van der Waals surface area contributed by atoms with Crippen LogP contribution in [0.25, 0.3) is 0 Å². The molecule has 3 saturated carbocycles. The van der Waals surface area contributed by atoms with Crippen LogP contribution in [-0.2, 0) is 19.2 Å². The van der Waals surface area contributed by atoms with Crippen LogP contribution in [0, 0.1) is 28.6 Å². The second kappa shape index (κ2) is 9.46. The van der Waals surface area contributed by atoms with Crippen molar-refractivity contribution in [1.82, 2.24) is 15.5 Å². The normalized spacial score (nSPS) is 29.5. The first kappa shape index (κ1) is 24.9. The summed E-state index contributed by atoms with van der Waals surface area (Å²) >= 11 is 0. The first-order valence-corrected chi connectivity index (χ1v) is 13.1. The monoisotopic (exact) mass is 471 g/mol. The van der Waals surface area contributed by atoms with Crippen LogP contribution in [-0.4, -0.2) is 53.6 Å². The number of fused-ring (bicyclic) bond motifs is 1. The number of ketones is 1. The summed E-state index contributed by atoms with van der Waals surface area (Å²) < 4.78 is 0. The van der Waals surface area contributed by atoms with Gasteiger partial charge in [-0.2, -0.15) is 0 Å². The van der Waals surface area contributed by atoms with Crippen LogP contribution in [0.5, 0.6) is 0 Å². The number of likely N-dealkylation sites (tertiary alicyclic amines) is 1. The van der Waals surface area contributed by atoms with E-state index in [1.54, 1.807) is 4.90 Å². The van der Waals surface area contributed by atoms with Crippen molar-refractivity contribution >= 4 is 23.5 Å². The van der Waals surface area contributed by atoms with Gasteiger partial charge in [-0.25, -0.2) is 0 Å². The number of amides is 3. The van der Waals surface area contributed by atoms with Gasteiger partial charge in [-0.1, -0.05) is 59.0 Å². The molecule has 4 fully saturated rings. The molecule has 4 atom stereocenters. The molecule has 34 heavy (non-hydrogen) atoms. The van der Waals surface area contributed by atoms with Crippen LogP contribution in [0.1, 0.15) is 78.6 Å². The van der Waals surface area contributed by atoms with Crippen molar-refractivity contribution in [2.75, 3.05) is 13.1 Å². The fraction of sp³-hybridized carbons (Fsp3) is 0.778. The highest BCUT2D eigenvalue weighted by atomic mass is 16.2. The molecule has 0 aromatic carbocycles. The summed E-state index contributed by atoms with van der Waals surface area (Å²) in [6.07, 6.45) is 10.1. The fourth-order valence-electron chi connectivity index (χ4n) is 6.48. The van der Waals surface area contributed by atoms with Crippen molar-refractivity contribution in [1.29, 1.82) is 0 Å². The van der Waals surface area contributed by atoms with E-state index >= 15 is 0 Å². The van der Waals surface area contributed by atoms with Gasteiger partial charge < -0.3 is 15.5 Å². The van der Waals surface area contributed by atoms with E-state index in [1.807, 2.05) is 0 Å². The largest absolute Gasteiger partial charge is 0.346 e. The zero-order valence-corrected chi connectivity index (χ0v) is 21.0. The number of piperidine rings is 1. The van der Waals surface area contributed by atoms with Crippen molar-refractivity contribution in [3.8, 4) is 0 Å². The van der Waals surface area contributed by atoms with Crippen LogP contribution < -0.4 is 10.6 Å². The lowest BCUT2D eigenvalue weighted by molar-refractivity contribution is -0.144. The van der Waals surface area contributed by atoms with E-state index in [2.05, 4.69) is 38.0 Å². The highest BCUT2D eigenvalue weighted by Crippen LogP contribution is 2.65. The van der Waals surface area contributed by atoms with Gasteiger partial charge in [0.25, 0.3) is 5.91 Å². The molecule has 0 radical (unpaired) electrons. The van der Waals surface area contributed by atoms with Gasteiger partial charge in [0.1, 0.15) is 6.04 Å². The summed E-state index contributed by atoms with van der Waals surface area (Å²) in [5.41, 5.74) is 0.0111. The topological polar surface area (TPSA) is 95.6 Å². The van der Waals surface area contributed by atoms with Crippen LogP contribution in [0.4, 0.5) is 0 Å². The van der Waals surface area contributed by atoms with Crippen molar-refractivity contribution < 1.29 is 19.2 Å². The third kappa shape index (κ3) is 5.08. The Morgan fingerprint density at radius 1 is 1.09 bits per heavy atom. The van der Waals surface area contributed by atoms with E-state index in [0.717, 1.165) is 38.5 Å². The molecule has 2 N–H and O–H groups in total. The van der Waals surface area contributed by atoms with Crippen LogP contribution in [0.15, 0.2) is 12.7 Å². The molecular weight excluding hydrogens is 430 g/mol. The number of rotatable bonds is 10. The van der Waals surface area contributed by atoms with E-state index < -0.39 is 23.8 Å². The minimum absolute atomic E-state index is 0.00482. The molecular formula is C27H41N3O4. The molecule has 1 aliphatic heterocycles. The second-order valence-corrected chi connectivity index (χ2v) is 12.1. The van der Waals surface area contributed by atoms with E-state index in [4.69, 9.17) is 0 Å². The minimum atomic E-state index is -0.849. The van der Waals surface area contributed by atoms with E-state index in [1.165, 1.54) is 12.5 Å². The lowest BCUT2D eigenvalue weighted by Gasteiger charge is -2.37. The molecule has 188 valence electrons. The van der Waals surface area contributed by atoms with Crippen LogP contribution in [0.3, 0.4) is 0 Å². The number of hydrogen-bond donors (Lipinski definition) is 2. The molecule has 4 aliphatic rings. The summed E-state index contributed by atoms with van der Waals surface area (Å²) in [6.45, 7) is 10.9. The van der Waals surface area contributed by atoms with Crippen molar-refractivity contribution in [2.24, 2.45) is 28.6 Å². The Balaban J connectivity index is 1.47. The molecule has 0 aromatic heterocycles. The maximum absolute atomic E-state index is 13.6. The maximum Gasteiger partial charge on any atom is 0.289 e. The second-order valence-electron chi connectivity index (χ2n) is 12.1. The Bertz CT molecular complexity index is 856. The highest BCUT2D eigenvalue weighted by Gasteiger charge is 2.69. The predicted molar refractivity (Wildman–Crippen MR) is 130 cm³/mol. The Kier molecular flexibility index (Phi) is 6.94. The number of Topliss-reactive ketones (excluding diaryl/α,β-unsaturated/α-hetero) is 1. The predicted octanol–water partition coefficient (Wildman–Crippen LogP) is 2.99. The molecule has 1 heterocycles. The van der Waals surface area contributed by atoms with Crippen molar-refractivity contribution in [3.05, 3.63) is 12.7 Å². The average Bonchev–Trinajstić information content (AvgIpc) is 3.63. The minimum Gasteiger partial charge on any atom is -0.346 e. The third-order valence-corrected chi connectivity index (χ3v) is 8.97. The summed E-state index contributed by atoms with van der Waals surface area (Å²) in [5, 5.41) is 5.44. The SMILES string of the molecule is C=CCNC(=O)C(=O)C(CC1CC1)NC(=O)C1C2C(CN1C(=O)CC1(C)CCCCC1)C2(C)C. The smallest absolute Gasteiger partial charge is 0.289 e. The van der Waals surface area contributed by atoms with Gasteiger partial charge in [0, 0.05) is 19.5 Å². The van der Waals surface area contributed by atoms with Gasteiger partial charge >= 0.3 is 0 Å². The Morgan fingerprint density at radius 2 is 1.76 bits per heavy atom. The maximum atomic E-state index is 13.6. The zero-order valence-electron chi connectivity index (χ0n) is 21.0. The van der Waals surface area contributed by atoms with Gasteiger partial charge in [-0.3, -0.25) is 19.2 Å². The zero-order chi connectivity index (χ0) is 24.7. The van der Waals surface area contributed by atoms with E-state index in [0.29, 0.717) is 31.2 Å². The fourth-order valence-corrected chi connectivity index (χ4v) is 6.48. The number of carbonyl (C=O) groups excluding carboxylic acids is 4. The lowest BCUT2D eigenvalue weighted by Crippen LogP contribution is -2.55. The van der Waals surface area contributed by atoms with Crippen LogP contribution >= 0.6 is 0 Å². The van der Waals surface area contributed by atoms with Gasteiger partial charge in [0.05, 0.1) is 6.04 Å². The molecule has 7 nitrogen and oxygen atoms in total. The summed E-state index contributed by atoms with van der Waals surface area (Å²) in [5.74, 6) is -0.766. The molecule has 7 heteroatoms. The first-order valence-electron chi connectivity index (χ1n) is 13.1. The Labute approximate surface area is 203 Å². The summed E-state index contributed by atoms with van der Waals surface area (Å²) in [4.78, 5) is 54.0. The van der Waals surface area contributed by atoms with Gasteiger partial charge in [0.15, 0.2) is 0 Å². The van der Waals surface area contributed by atoms with Gasteiger partial charge in [-0.15, -0.1) is 6.58 Å². The highest BCUT2D eigenvalue weighted by molar-refractivity contribution is 6.38. The lowest BCUT2D eigenvalue weighted by atomic mass is 9.73. The van der Waals surface area contributed by atoms with E-state index in [9.17, 15) is 19.2 Å². The summed E-state index contributed by atoms with van der Waals surface area (Å²) in [6, 6.07) is -1.41. The average molecular weight is 472 g/mol. The molecule has 0 bridgehead atoms. The number of nitrogens with zero attached hydrogens (tertiary/aromatic N) is 1. The number of nitrogens with one attached hydrogen (secondary N) is 2. The molecule has 0 aromatic rings. The molecule has 1 saturated heterocycles. The van der Waals surface area contributed by atoms with Gasteiger partial charge in [0.2, 0.25) is 17.6 Å². The third-order valence-electron chi connectivity index (χ3n) is 8.97. The van der Waals surface area contributed by atoms with Crippen molar-refractivity contribution in [3.63, 3.8) is 0 Å². The molecule has 4 unspecified atom stereocenters. The molecule has 3 amide bonds. The van der Waals surface area contributed by atoms with E-state index in [-0.39, 0.29) is 35.1 Å². The Morgan fingerprint density at radius 3 is 2.38 bits per heavy atom.